The van der Waals surface area contributed by atoms with Crippen LogP contribution < -0.4 is 0 Å². The Morgan fingerprint density at radius 2 is 1.88 bits per heavy atom. The van der Waals surface area contributed by atoms with Crippen molar-refractivity contribution in [2.75, 3.05) is 26.3 Å². The summed E-state index contributed by atoms with van der Waals surface area (Å²) in [6.45, 7) is 2.60. The molecular formula is C21H23FN2O2. The predicted molar refractivity (Wildman–Crippen MR) is 96.3 cm³/mol. The van der Waals surface area contributed by atoms with Crippen LogP contribution in [0.2, 0.25) is 0 Å². The molecule has 2 aliphatic rings. The van der Waals surface area contributed by atoms with E-state index in [0.29, 0.717) is 25.6 Å². The van der Waals surface area contributed by atoms with Crippen LogP contribution in [0.3, 0.4) is 0 Å². The second-order valence-corrected chi connectivity index (χ2v) is 7.32. The van der Waals surface area contributed by atoms with Crippen molar-refractivity contribution in [3.05, 3.63) is 65.7 Å². The fourth-order valence-electron chi connectivity index (χ4n) is 3.67. The zero-order valence-corrected chi connectivity index (χ0v) is 14.7. The zero-order chi connectivity index (χ0) is 17.9. The number of halogens is 1. The van der Waals surface area contributed by atoms with Gasteiger partial charge in [-0.1, -0.05) is 12.1 Å². The van der Waals surface area contributed by atoms with Crippen LogP contribution >= 0.6 is 0 Å². The molecule has 2 heterocycles. The number of hydrogen-bond acceptors (Lipinski definition) is 3. The highest BCUT2D eigenvalue weighted by Gasteiger charge is 2.37. The highest BCUT2D eigenvalue weighted by Crippen LogP contribution is 2.35. The van der Waals surface area contributed by atoms with Gasteiger partial charge in [-0.15, -0.1) is 0 Å². The molecule has 1 aromatic carbocycles. The van der Waals surface area contributed by atoms with E-state index in [1.54, 1.807) is 35.5 Å². The SMILES string of the molecule is O=C(c1ccccc1F)N1C[C@@H](COCC2CC2)[C@H](c2ccncc2)C1. The average Bonchev–Trinajstić information content (AvgIpc) is 3.39. The summed E-state index contributed by atoms with van der Waals surface area (Å²) in [6.07, 6.45) is 6.07. The largest absolute Gasteiger partial charge is 0.381 e. The highest BCUT2D eigenvalue weighted by molar-refractivity contribution is 5.94. The fourth-order valence-corrected chi connectivity index (χ4v) is 3.67. The molecule has 2 fully saturated rings. The van der Waals surface area contributed by atoms with Crippen molar-refractivity contribution in [1.82, 2.24) is 9.88 Å². The van der Waals surface area contributed by atoms with E-state index in [0.717, 1.165) is 12.2 Å². The molecule has 4 nitrogen and oxygen atoms in total. The molecule has 136 valence electrons. The Hall–Kier alpha value is -2.27. The molecule has 1 amide bonds. The number of likely N-dealkylation sites (tertiary alicyclic amines) is 1. The lowest BCUT2D eigenvalue weighted by molar-refractivity contribution is 0.0736. The summed E-state index contributed by atoms with van der Waals surface area (Å²) in [6, 6.07) is 10.2. The molecule has 1 saturated heterocycles. The number of rotatable bonds is 6. The lowest BCUT2D eigenvalue weighted by atomic mass is 9.90. The van der Waals surface area contributed by atoms with Gasteiger partial charge in [-0.05, 0) is 48.6 Å². The van der Waals surface area contributed by atoms with E-state index >= 15 is 0 Å². The van der Waals surface area contributed by atoms with Crippen molar-refractivity contribution < 1.29 is 13.9 Å². The topological polar surface area (TPSA) is 42.4 Å². The molecule has 0 N–H and O–H groups in total. The van der Waals surface area contributed by atoms with Crippen LogP contribution in [0.1, 0.15) is 34.7 Å². The van der Waals surface area contributed by atoms with Gasteiger partial charge >= 0.3 is 0 Å². The molecule has 1 aliphatic carbocycles. The van der Waals surface area contributed by atoms with Gasteiger partial charge in [0.25, 0.3) is 5.91 Å². The molecule has 0 unspecified atom stereocenters. The maximum Gasteiger partial charge on any atom is 0.256 e. The molecule has 1 aliphatic heterocycles. The Bertz CT molecular complexity index is 764. The van der Waals surface area contributed by atoms with E-state index in [4.69, 9.17) is 4.74 Å². The number of hydrogen-bond donors (Lipinski definition) is 0. The molecule has 0 spiro atoms. The molecule has 1 aromatic heterocycles. The van der Waals surface area contributed by atoms with Crippen LogP contribution in [0, 0.1) is 17.7 Å². The number of ether oxygens (including phenoxy) is 1. The van der Waals surface area contributed by atoms with Gasteiger partial charge in [-0.25, -0.2) is 4.39 Å². The first-order chi connectivity index (χ1) is 12.7. The van der Waals surface area contributed by atoms with Gasteiger partial charge < -0.3 is 9.64 Å². The van der Waals surface area contributed by atoms with Gasteiger partial charge in [0.2, 0.25) is 0 Å². The fraction of sp³-hybridized carbons (Fsp3) is 0.429. The van der Waals surface area contributed by atoms with Crippen molar-refractivity contribution in [1.29, 1.82) is 0 Å². The summed E-state index contributed by atoms with van der Waals surface area (Å²) in [5.41, 5.74) is 1.30. The van der Waals surface area contributed by atoms with Crippen LogP contribution in [-0.4, -0.2) is 42.1 Å². The minimum absolute atomic E-state index is 0.139. The first-order valence-electron chi connectivity index (χ1n) is 9.24. The third-order valence-corrected chi connectivity index (χ3v) is 5.35. The summed E-state index contributed by atoms with van der Waals surface area (Å²) in [5, 5.41) is 0. The number of carbonyl (C=O) groups is 1. The number of pyridine rings is 1. The van der Waals surface area contributed by atoms with Crippen molar-refractivity contribution in [3.8, 4) is 0 Å². The monoisotopic (exact) mass is 354 g/mol. The Labute approximate surface area is 153 Å². The third kappa shape index (κ3) is 3.78. The maximum atomic E-state index is 14.0. The second-order valence-electron chi connectivity index (χ2n) is 7.32. The van der Waals surface area contributed by atoms with E-state index in [9.17, 15) is 9.18 Å². The molecule has 26 heavy (non-hydrogen) atoms. The number of aromatic nitrogens is 1. The lowest BCUT2D eigenvalue weighted by Crippen LogP contribution is -2.30. The van der Waals surface area contributed by atoms with Gasteiger partial charge in [-0.2, -0.15) is 0 Å². The van der Waals surface area contributed by atoms with E-state index in [1.165, 1.54) is 18.9 Å². The maximum absolute atomic E-state index is 14.0. The van der Waals surface area contributed by atoms with Gasteiger partial charge in [0.05, 0.1) is 12.2 Å². The summed E-state index contributed by atoms with van der Waals surface area (Å²) in [5.74, 6) is 0.407. The minimum atomic E-state index is -0.466. The molecular weight excluding hydrogens is 331 g/mol. The quantitative estimate of drug-likeness (QED) is 0.797. The van der Waals surface area contributed by atoms with Crippen molar-refractivity contribution >= 4 is 5.91 Å². The molecule has 0 radical (unpaired) electrons. The first kappa shape index (κ1) is 17.2. The molecule has 1 saturated carbocycles. The van der Waals surface area contributed by atoms with Gasteiger partial charge in [0.1, 0.15) is 5.82 Å². The average molecular weight is 354 g/mol. The molecule has 4 rings (SSSR count). The highest BCUT2D eigenvalue weighted by atomic mass is 19.1. The molecule has 0 bridgehead atoms. The van der Waals surface area contributed by atoms with Crippen molar-refractivity contribution in [2.24, 2.45) is 11.8 Å². The third-order valence-electron chi connectivity index (χ3n) is 5.35. The number of benzene rings is 1. The number of carbonyl (C=O) groups excluding carboxylic acids is 1. The van der Waals surface area contributed by atoms with E-state index < -0.39 is 5.82 Å². The summed E-state index contributed by atoms with van der Waals surface area (Å²) in [7, 11) is 0. The Balaban J connectivity index is 1.50. The smallest absolute Gasteiger partial charge is 0.256 e. The summed E-state index contributed by atoms with van der Waals surface area (Å²) in [4.78, 5) is 18.7. The van der Waals surface area contributed by atoms with Crippen molar-refractivity contribution in [3.63, 3.8) is 0 Å². The van der Waals surface area contributed by atoms with Crippen LogP contribution in [0.15, 0.2) is 48.8 Å². The molecule has 2 atom stereocenters. The minimum Gasteiger partial charge on any atom is -0.381 e. The van der Waals surface area contributed by atoms with Gasteiger partial charge in [0, 0.05) is 43.9 Å². The van der Waals surface area contributed by atoms with Crippen LogP contribution in [-0.2, 0) is 4.74 Å². The summed E-state index contributed by atoms with van der Waals surface area (Å²) < 4.78 is 20.0. The Morgan fingerprint density at radius 1 is 1.12 bits per heavy atom. The van der Waals surface area contributed by atoms with Crippen LogP contribution in [0.5, 0.6) is 0 Å². The molecule has 2 aromatic rings. The van der Waals surface area contributed by atoms with Gasteiger partial charge in [0.15, 0.2) is 0 Å². The number of nitrogens with zero attached hydrogens (tertiary/aromatic N) is 2. The van der Waals surface area contributed by atoms with Gasteiger partial charge in [-0.3, -0.25) is 9.78 Å². The second kappa shape index (κ2) is 7.54. The lowest BCUT2D eigenvalue weighted by Gasteiger charge is -2.18. The van der Waals surface area contributed by atoms with Crippen LogP contribution in [0.4, 0.5) is 4.39 Å². The standard InChI is InChI=1S/C21H23FN2O2/c22-20-4-2-1-3-18(20)21(25)24-11-17(14-26-13-15-5-6-15)19(12-24)16-7-9-23-10-8-16/h1-4,7-10,15,17,19H,5-6,11-14H2/t17-,19-/m0/s1. The Morgan fingerprint density at radius 3 is 2.62 bits per heavy atom. The molecule has 5 heteroatoms. The zero-order valence-electron chi connectivity index (χ0n) is 14.7. The van der Waals surface area contributed by atoms with E-state index in [2.05, 4.69) is 4.98 Å². The van der Waals surface area contributed by atoms with Crippen molar-refractivity contribution in [2.45, 2.75) is 18.8 Å². The Kier molecular flexibility index (Phi) is 4.98. The normalized spacial score (nSPS) is 22.6. The number of amides is 1. The first-order valence-corrected chi connectivity index (χ1v) is 9.24. The van der Waals surface area contributed by atoms with Crippen LogP contribution in [0.25, 0.3) is 0 Å². The van der Waals surface area contributed by atoms with E-state index in [-0.39, 0.29) is 23.3 Å². The summed E-state index contributed by atoms with van der Waals surface area (Å²) >= 11 is 0. The predicted octanol–water partition coefficient (Wildman–Crippen LogP) is 3.50. The van der Waals surface area contributed by atoms with E-state index in [1.807, 2.05) is 12.1 Å².